The van der Waals surface area contributed by atoms with Crippen LogP contribution in [-0.4, -0.2) is 42.5 Å². The predicted molar refractivity (Wildman–Crippen MR) is 61.0 cm³/mol. The molecule has 1 unspecified atom stereocenters. The Bertz CT molecular complexity index is 335. The van der Waals surface area contributed by atoms with Gasteiger partial charge in [0, 0.05) is 18.9 Å². The molecule has 1 aliphatic rings. The van der Waals surface area contributed by atoms with Crippen LogP contribution in [0.1, 0.15) is 0 Å². The van der Waals surface area contributed by atoms with Crippen molar-refractivity contribution in [3.8, 4) is 0 Å². The number of morpholine rings is 1. The molecular formula is C10H13BrN2O2. The van der Waals surface area contributed by atoms with Crippen LogP contribution in [0, 0.1) is 0 Å². The number of ether oxygens (including phenoxy) is 1. The van der Waals surface area contributed by atoms with Crippen LogP contribution in [0.25, 0.3) is 0 Å². The van der Waals surface area contributed by atoms with E-state index in [4.69, 9.17) is 4.74 Å². The van der Waals surface area contributed by atoms with Crippen LogP contribution < -0.4 is 4.90 Å². The van der Waals surface area contributed by atoms with Crippen LogP contribution in [-0.2, 0) is 4.74 Å². The molecule has 0 saturated carbocycles. The van der Waals surface area contributed by atoms with E-state index in [2.05, 4.69) is 25.8 Å². The summed E-state index contributed by atoms with van der Waals surface area (Å²) in [6.45, 7) is 2.18. The highest BCUT2D eigenvalue weighted by atomic mass is 79.9. The Morgan fingerprint density at radius 3 is 3.27 bits per heavy atom. The Labute approximate surface area is 97.0 Å². The second kappa shape index (κ2) is 4.92. The van der Waals surface area contributed by atoms with E-state index in [0.717, 1.165) is 16.7 Å². The quantitative estimate of drug-likeness (QED) is 0.874. The molecule has 1 N–H and O–H groups in total. The van der Waals surface area contributed by atoms with Crippen molar-refractivity contribution in [3.05, 3.63) is 22.9 Å². The Kier molecular flexibility index (Phi) is 3.56. The van der Waals surface area contributed by atoms with E-state index in [0.29, 0.717) is 13.2 Å². The largest absolute Gasteiger partial charge is 0.394 e. The van der Waals surface area contributed by atoms with Gasteiger partial charge in [0.05, 0.1) is 36.0 Å². The van der Waals surface area contributed by atoms with Gasteiger partial charge in [-0.3, -0.25) is 4.98 Å². The molecule has 0 aliphatic carbocycles. The maximum absolute atomic E-state index is 9.26. The van der Waals surface area contributed by atoms with Gasteiger partial charge < -0.3 is 14.7 Å². The maximum atomic E-state index is 9.26. The number of aromatic nitrogens is 1. The summed E-state index contributed by atoms with van der Waals surface area (Å²) in [4.78, 5) is 6.17. The van der Waals surface area contributed by atoms with E-state index < -0.39 is 0 Å². The number of halogens is 1. The third-order valence-electron chi connectivity index (χ3n) is 2.50. The molecule has 0 bridgehead atoms. The van der Waals surface area contributed by atoms with Crippen LogP contribution in [0.15, 0.2) is 22.9 Å². The van der Waals surface area contributed by atoms with Gasteiger partial charge in [0.25, 0.3) is 0 Å². The normalized spacial score (nSPS) is 21.7. The van der Waals surface area contributed by atoms with Gasteiger partial charge in [-0.15, -0.1) is 0 Å². The Balaban J connectivity index is 2.24. The van der Waals surface area contributed by atoms with Crippen LogP contribution in [0.3, 0.4) is 0 Å². The molecule has 1 aromatic rings. The van der Waals surface area contributed by atoms with Crippen LogP contribution in [0.2, 0.25) is 0 Å². The zero-order chi connectivity index (χ0) is 10.7. The molecular weight excluding hydrogens is 260 g/mol. The van der Waals surface area contributed by atoms with Gasteiger partial charge in [0.1, 0.15) is 0 Å². The van der Waals surface area contributed by atoms with E-state index in [1.165, 1.54) is 0 Å². The van der Waals surface area contributed by atoms with Crippen molar-refractivity contribution in [1.29, 1.82) is 0 Å². The van der Waals surface area contributed by atoms with Crippen molar-refractivity contribution in [1.82, 2.24) is 4.98 Å². The first-order chi connectivity index (χ1) is 7.33. The first-order valence-corrected chi connectivity index (χ1v) is 5.67. The molecule has 0 amide bonds. The van der Waals surface area contributed by atoms with Gasteiger partial charge >= 0.3 is 0 Å². The number of anilines is 1. The molecule has 5 heteroatoms. The third kappa shape index (κ3) is 2.30. The highest BCUT2D eigenvalue weighted by Crippen LogP contribution is 2.27. The molecule has 1 aliphatic heterocycles. The molecule has 0 aromatic carbocycles. The summed E-state index contributed by atoms with van der Waals surface area (Å²) in [5.74, 6) is 0. The molecule has 1 fully saturated rings. The van der Waals surface area contributed by atoms with Crippen molar-refractivity contribution < 1.29 is 9.84 Å². The van der Waals surface area contributed by atoms with Gasteiger partial charge in [0.2, 0.25) is 0 Å². The minimum absolute atomic E-state index is 0.0393. The molecule has 0 spiro atoms. The Morgan fingerprint density at radius 2 is 2.53 bits per heavy atom. The van der Waals surface area contributed by atoms with Gasteiger partial charge in [-0.1, -0.05) is 0 Å². The fourth-order valence-corrected chi connectivity index (χ4v) is 2.20. The molecule has 2 heterocycles. The fraction of sp³-hybridized carbons (Fsp3) is 0.500. The molecule has 0 radical (unpaired) electrons. The van der Waals surface area contributed by atoms with Crippen molar-refractivity contribution in [2.24, 2.45) is 0 Å². The third-order valence-corrected chi connectivity index (χ3v) is 3.11. The van der Waals surface area contributed by atoms with E-state index in [1.807, 2.05) is 6.07 Å². The molecule has 82 valence electrons. The number of rotatable bonds is 2. The zero-order valence-corrected chi connectivity index (χ0v) is 9.85. The number of aliphatic hydroxyl groups is 1. The summed E-state index contributed by atoms with van der Waals surface area (Å²) < 4.78 is 6.28. The van der Waals surface area contributed by atoms with Crippen LogP contribution >= 0.6 is 15.9 Å². The fourth-order valence-electron chi connectivity index (χ4n) is 1.72. The van der Waals surface area contributed by atoms with E-state index in [9.17, 15) is 5.11 Å². The lowest BCUT2D eigenvalue weighted by Crippen LogP contribution is -2.47. The lowest BCUT2D eigenvalue weighted by Gasteiger charge is -2.36. The first kappa shape index (κ1) is 10.9. The van der Waals surface area contributed by atoms with E-state index in [1.54, 1.807) is 12.4 Å². The number of pyridine rings is 1. The second-order valence-electron chi connectivity index (χ2n) is 3.43. The Morgan fingerprint density at radius 1 is 1.67 bits per heavy atom. The van der Waals surface area contributed by atoms with Gasteiger partial charge in [-0.25, -0.2) is 0 Å². The standard InChI is InChI=1S/C10H13BrN2O2/c11-9-5-12-2-1-10(9)13-3-4-15-7-8(13)6-14/h1-2,5,8,14H,3-4,6-7H2. The van der Waals surface area contributed by atoms with Gasteiger partial charge in [-0.2, -0.15) is 0 Å². The number of aliphatic hydroxyl groups excluding tert-OH is 1. The molecule has 1 atom stereocenters. The molecule has 1 aromatic heterocycles. The summed E-state index contributed by atoms with van der Waals surface area (Å²) in [6.07, 6.45) is 3.52. The summed E-state index contributed by atoms with van der Waals surface area (Å²) in [5.41, 5.74) is 1.06. The molecule has 4 nitrogen and oxygen atoms in total. The highest BCUT2D eigenvalue weighted by molar-refractivity contribution is 9.10. The monoisotopic (exact) mass is 272 g/mol. The lowest BCUT2D eigenvalue weighted by atomic mass is 10.2. The number of nitrogens with zero attached hydrogens (tertiary/aromatic N) is 2. The number of hydrogen-bond acceptors (Lipinski definition) is 4. The minimum Gasteiger partial charge on any atom is -0.394 e. The predicted octanol–water partition coefficient (Wildman–Crippen LogP) is 1.04. The SMILES string of the molecule is OCC1COCCN1c1ccncc1Br. The molecule has 1 saturated heterocycles. The molecule has 2 rings (SSSR count). The van der Waals surface area contributed by atoms with Crippen molar-refractivity contribution in [2.75, 3.05) is 31.3 Å². The van der Waals surface area contributed by atoms with Crippen molar-refractivity contribution in [2.45, 2.75) is 6.04 Å². The smallest absolute Gasteiger partial charge is 0.0755 e. The van der Waals surface area contributed by atoms with Gasteiger partial charge in [0.15, 0.2) is 0 Å². The average Bonchev–Trinajstić information content (AvgIpc) is 2.30. The summed E-state index contributed by atoms with van der Waals surface area (Å²) >= 11 is 3.46. The van der Waals surface area contributed by atoms with Crippen LogP contribution in [0.4, 0.5) is 5.69 Å². The minimum atomic E-state index is 0.0393. The summed E-state index contributed by atoms with van der Waals surface area (Å²) in [6, 6.07) is 1.98. The lowest BCUT2D eigenvalue weighted by molar-refractivity contribution is 0.0726. The average molecular weight is 273 g/mol. The van der Waals surface area contributed by atoms with Crippen LogP contribution in [0.5, 0.6) is 0 Å². The first-order valence-electron chi connectivity index (χ1n) is 4.87. The summed E-state index contributed by atoms with van der Waals surface area (Å²) in [5, 5.41) is 9.26. The Hall–Kier alpha value is -0.650. The van der Waals surface area contributed by atoms with E-state index in [-0.39, 0.29) is 12.6 Å². The second-order valence-corrected chi connectivity index (χ2v) is 4.29. The summed E-state index contributed by atoms with van der Waals surface area (Å²) in [7, 11) is 0. The van der Waals surface area contributed by atoms with Gasteiger partial charge in [-0.05, 0) is 22.0 Å². The molecule has 15 heavy (non-hydrogen) atoms. The number of hydrogen-bond donors (Lipinski definition) is 1. The maximum Gasteiger partial charge on any atom is 0.0755 e. The zero-order valence-electron chi connectivity index (χ0n) is 8.27. The van der Waals surface area contributed by atoms with Crippen molar-refractivity contribution in [3.63, 3.8) is 0 Å². The van der Waals surface area contributed by atoms with E-state index >= 15 is 0 Å². The topological polar surface area (TPSA) is 45.6 Å². The van der Waals surface area contributed by atoms with Crippen molar-refractivity contribution >= 4 is 21.6 Å². The highest BCUT2D eigenvalue weighted by Gasteiger charge is 2.23.